The van der Waals surface area contributed by atoms with Gasteiger partial charge in [0.1, 0.15) is 0 Å². The molecule has 0 atom stereocenters. The number of nitrogens with two attached hydrogens (primary N) is 1. The van der Waals surface area contributed by atoms with Gasteiger partial charge in [-0.3, -0.25) is 4.79 Å². The van der Waals surface area contributed by atoms with Crippen molar-refractivity contribution in [1.82, 2.24) is 4.31 Å². The molecule has 0 saturated carbocycles. The summed E-state index contributed by atoms with van der Waals surface area (Å²) in [5.41, 5.74) is 8.76. The number of hydrogen-bond donors (Lipinski definition) is 1. The molecular weight excluding hydrogens is 314 g/mol. The maximum Gasteiger partial charge on any atom is 0.230 e. The first kappa shape index (κ1) is 16.3. The normalized spacial score (nSPS) is 20.3. The van der Waals surface area contributed by atoms with Crippen molar-refractivity contribution in [3.8, 4) is 0 Å². The first-order valence-electron chi connectivity index (χ1n) is 8.02. The van der Waals surface area contributed by atoms with E-state index in [1.807, 2.05) is 23.1 Å². The van der Waals surface area contributed by atoms with E-state index >= 15 is 0 Å². The van der Waals surface area contributed by atoms with Crippen molar-refractivity contribution in [3.05, 3.63) is 23.8 Å². The fraction of sp³-hybridized carbons (Fsp3) is 0.562. The van der Waals surface area contributed by atoms with Crippen LogP contribution in [-0.4, -0.2) is 44.5 Å². The number of carbonyl (C=O) groups is 1. The Hall–Kier alpha value is -1.60. The van der Waals surface area contributed by atoms with Crippen LogP contribution in [0.5, 0.6) is 0 Å². The van der Waals surface area contributed by atoms with E-state index in [1.165, 1.54) is 10.6 Å². The van der Waals surface area contributed by atoms with Gasteiger partial charge in [0.05, 0.1) is 6.26 Å². The van der Waals surface area contributed by atoms with Gasteiger partial charge in [0, 0.05) is 36.9 Å². The smallest absolute Gasteiger partial charge is 0.230 e. The third-order valence-electron chi connectivity index (χ3n) is 4.83. The average Bonchev–Trinajstić information content (AvgIpc) is 2.53. The number of carbonyl (C=O) groups excluding carboxylic acids is 1. The summed E-state index contributed by atoms with van der Waals surface area (Å²) in [5, 5.41) is 0. The lowest BCUT2D eigenvalue weighted by Gasteiger charge is -2.36. The van der Waals surface area contributed by atoms with E-state index in [-0.39, 0.29) is 11.8 Å². The van der Waals surface area contributed by atoms with Gasteiger partial charge in [-0.05, 0) is 43.4 Å². The summed E-state index contributed by atoms with van der Waals surface area (Å²) in [6.45, 7) is 1.56. The molecule has 0 radical (unpaired) electrons. The highest BCUT2D eigenvalue weighted by molar-refractivity contribution is 7.88. The lowest BCUT2D eigenvalue weighted by molar-refractivity contribution is -0.123. The largest absolute Gasteiger partial charge is 0.398 e. The number of fused-ring (bicyclic) bond motifs is 1. The SMILES string of the molecule is CS(=O)(=O)N1CCC(C(=O)N2CCCc3c(N)cccc32)CC1. The van der Waals surface area contributed by atoms with Crippen LogP contribution in [0.3, 0.4) is 0 Å². The minimum Gasteiger partial charge on any atom is -0.398 e. The second-order valence-electron chi connectivity index (χ2n) is 6.37. The molecule has 0 aliphatic carbocycles. The van der Waals surface area contributed by atoms with Crippen LogP contribution < -0.4 is 10.6 Å². The van der Waals surface area contributed by atoms with Gasteiger partial charge in [-0.1, -0.05) is 6.07 Å². The number of nitrogen functional groups attached to an aromatic ring is 1. The molecule has 1 amide bonds. The predicted octanol–water partition coefficient (Wildman–Crippen LogP) is 1.22. The van der Waals surface area contributed by atoms with Crippen molar-refractivity contribution in [2.45, 2.75) is 25.7 Å². The number of rotatable bonds is 2. The standard InChI is InChI=1S/C16H23N3O3S/c1-23(21,22)18-10-7-12(8-11-18)16(20)19-9-3-4-13-14(17)5-2-6-15(13)19/h2,5-6,12H,3-4,7-11,17H2,1H3. The Morgan fingerprint density at radius 2 is 1.91 bits per heavy atom. The zero-order valence-corrected chi connectivity index (χ0v) is 14.2. The molecule has 126 valence electrons. The Morgan fingerprint density at radius 3 is 2.57 bits per heavy atom. The maximum atomic E-state index is 12.9. The molecule has 2 heterocycles. The number of sulfonamides is 1. The summed E-state index contributed by atoms with van der Waals surface area (Å²) < 4.78 is 24.6. The van der Waals surface area contributed by atoms with Gasteiger partial charge < -0.3 is 10.6 Å². The van der Waals surface area contributed by atoms with Gasteiger partial charge in [0.15, 0.2) is 0 Å². The van der Waals surface area contributed by atoms with Crippen molar-refractivity contribution < 1.29 is 13.2 Å². The van der Waals surface area contributed by atoms with Crippen LogP contribution in [0, 0.1) is 5.92 Å². The zero-order valence-electron chi connectivity index (χ0n) is 13.4. The van der Waals surface area contributed by atoms with E-state index in [2.05, 4.69) is 0 Å². The van der Waals surface area contributed by atoms with Crippen LogP contribution >= 0.6 is 0 Å². The third kappa shape index (κ3) is 3.21. The van der Waals surface area contributed by atoms with E-state index in [4.69, 9.17) is 5.73 Å². The number of hydrogen-bond acceptors (Lipinski definition) is 4. The number of piperidine rings is 1. The van der Waals surface area contributed by atoms with Gasteiger partial charge in [0.2, 0.25) is 15.9 Å². The summed E-state index contributed by atoms with van der Waals surface area (Å²) >= 11 is 0. The average molecular weight is 337 g/mol. The molecule has 2 aliphatic rings. The molecule has 0 bridgehead atoms. The molecule has 1 aromatic carbocycles. The van der Waals surface area contributed by atoms with Crippen molar-refractivity contribution in [3.63, 3.8) is 0 Å². The Morgan fingerprint density at radius 1 is 1.22 bits per heavy atom. The number of nitrogens with zero attached hydrogens (tertiary/aromatic N) is 2. The predicted molar refractivity (Wildman–Crippen MR) is 90.7 cm³/mol. The summed E-state index contributed by atoms with van der Waals surface area (Å²) in [5.74, 6) is -0.00918. The van der Waals surface area contributed by atoms with Crippen molar-refractivity contribution in [2.75, 3.05) is 36.5 Å². The molecule has 0 unspecified atom stereocenters. The van der Waals surface area contributed by atoms with Crippen LogP contribution in [0.25, 0.3) is 0 Å². The second kappa shape index (κ2) is 6.13. The van der Waals surface area contributed by atoms with Gasteiger partial charge in [-0.15, -0.1) is 0 Å². The van der Waals surface area contributed by atoms with Crippen LogP contribution in [0.4, 0.5) is 11.4 Å². The Bertz CT molecular complexity index is 709. The Balaban J connectivity index is 1.75. The van der Waals surface area contributed by atoms with Crippen LogP contribution in [0.2, 0.25) is 0 Å². The molecule has 3 rings (SSSR count). The molecule has 1 fully saturated rings. The highest BCUT2D eigenvalue weighted by Gasteiger charge is 2.33. The van der Waals surface area contributed by atoms with Crippen LogP contribution in [0.1, 0.15) is 24.8 Å². The summed E-state index contributed by atoms with van der Waals surface area (Å²) in [7, 11) is -3.16. The van der Waals surface area contributed by atoms with Gasteiger partial charge in [-0.25, -0.2) is 12.7 Å². The van der Waals surface area contributed by atoms with Gasteiger partial charge >= 0.3 is 0 Å². The maximum absolute atomic E-state index is 12.9. The second-order valence-corrected chi connectivity index (χ2v) is 8.36. The quantitative estimate of drug-likeness (QED) is 0.823. The van der Waals surface area contributed by atoms with E-state index in [0.717, 1.165) is 29.8 Å². The Kier molecular flexibility index (Phi) is 4.33. The molecule has 0 aromatic heterocycles. The zero-order chi connectivity index (χ0) is 16.6. The van der Waals surface area contributed by atoms with E-state index in [1.54, 1.807) is 0 Å². The lowest BCUT2D eigenvalue weighted by atomic mass is 9.93. The first-order valence-corrected chi connectivity index (χ1v) is 9.86. The van der Waals surface area contributed by atoms with Crippen molar-refractivity contribution in [2.24, 2.45) is 5.92 Å². The molecule has 23 heavy (non-hydrogen) atoms. The van der Waals surface area contributed by atoms with Crippen LogP contribution in [-0.2, 0) is 21.2 Å². The molecule has 1 saturated heterocycles. The fourth-order valence-electron chi connectivity index (χ4n) is 3.54. The number of amides is 1. The molecular formula is C16H23N3O3S. The summed E-state index contributed by atoms with van der Waals surface area (Å²) in [4.78, 5) is 14.7. The first-order chi connectivity index (χ1) is 10.9. The van der Waals surface area contributed by atoms with Gasteiger partial charge in [-0.2, -0.15) is 0 Å². The lowest BCUT2D eigenvalue weighted by Crippen LogP contribution is -2.45. The third-order valence-corrected chi connectivity index (χ3v) is 6.13. The topological polar surface area (TPSA) is 83.7 Å². The fourth-order valence-corrected chi connectivity index (χ4v) is 4.41. The van der Waals surface area contributed by atoms with E-state index < -0.39 is 10.0 Å². The van der Waals surface area contributed by atoms with Gasteiger partial charge in [0.25, 0.3) is 0 Å². The minimum absolute atomic E-state index is 0.102. The summed E-state index contributed by atoms with van der Waals surface area (Å²) in [6.07, 6.45) is 4.20. The minimum atomic E-state index is -3.16. The molecule has 2 aliphatic heterocycles. The number of anilines is 2. The monoisotopic (exact) mass is 337 g/mol. The van der Waals surface area contributed by atoms with Crippen LogP contribution in [0.15, 0.2) is 18.2 Å². The van der Waals surface area contributed by atoms with Crippen molar-refractivity contribution in [1.29, 1.82) is 0 Å². The molecule has 1 aromatic rings. The Labute approximate surface area is 137 Å². The highest BCUT2D eigenvalue weighted by atomic mass is 32.2. The van der Waals surface area contributed by atoms with Crippen molar-refractivity contribution >= 4 is 27.3 Å². The summed E-state index contributed by atoms with van der Waals surface area (Å²) in [6, 6.07) is 5.71. The van der Waals surface area contributed by atoms with E-state index in [0.29, 0.717) is 32.5 Å². The highest BCUT2D eigenvalue weighted by Crippen LogP contribution is 2.33. The molecule has 6 nitrogen and oxygen atoms in total. The van der Waals surface area contributed by atoms with E-state index in [9.17, 15) is 13.2 Å². The molecule has 7 heteroatoms. The number of benzene rings is 1. The molecule has 0 spiro atoms. The molecule has 2 N–H and O–H groups in total.